The van der Waals surface area contributed by atoms with Crippen LogP contribution in [-0.4, -0.2) is 6.21 Å². The van der Waals surface area contributed by atoms with Gasteiger partial charge in [0.1, 0.15) is 0 Å². The van der Waals surface area contributed by atoms with Crippen LogP contribution < -0.4 is 5.73 Å². The van der Waals surface area contributed by atoms with Crippen molar-refractivity contribution in [2.24, 2.45) is 4.99 Å². The summed E-state index contributed by atoms with van der Waals surface area (Å²) in [5.74, 6) is 0. The second-order valence-electron chi connectivity index (χ2n) is 4.02. The van der Waals surface area contributed by atoms with Crippen molar-refractivity contribution in [2.75, 3.05) is 5.73 Å². The molecule has 0 fully saturated rings. The van der Waals surface area contributed by atoms with Crippen molar-refractivity contribution in [3.8, 4) is 0 Å². The van der Waals surface area contributed by atoms with Crippen LogP contribution in [0.2, 0.25) is 0 Å². The number of benzene rings is 2. The van der Waals surface area contributed by atoms with Crippen molar-refractivity contribution in [1.29, 1.82) is 0 Å². The molecule has 0 aliphatic carbocycles. The molecule has 2 aromatic rings. The molecule has 0 saturated carbocycles. The molecule has 0 amide bonds. The predicted molar refractivity (Wildman–Crippen MR) is 79.2 cm³/mol. The molecule has 2 rings (SSSR count). The second-order valence-corrected chi connectivity index (χ2v) is 4.02. The Bertz CT molecular complexity index is 557. The molecule has 0 aliphatic rings. The second kappa shape index (κ2) is 5.82. The number of hydrogen-bond acceptors (Lipinski definition) is 2. The zero-order valence-electron chi connectivity index (χ0n) is 10.2. The summed E-state index contributed by atoms with van der Waals surface area (Å²) < 4.78 is 0. The Labute approximate surface area is 107 Å². The van der Waals surface area contributed by atoms with E-state index in [1.165, 1.54) is 5.56 Å². The average molecular weight is 236 g/mol. The highest BCUT2D eigenvalue weighted by atomic mass is 14.7. The van der Waals surface area contributed by atoms with E-state index in [1.807, 2.05) is 42.6 Å². The summed E-state index contributed by atoms with van der Waals surface area (Å²) in [5.41, 5.74) is 9.57. The first-order valence-electron chi connectivity index (χ1n) is 5.88. The first-order valence-corrected chi connectivity index (χ1v) is 5.88. The number of anilines is 1. The van der Waals surface area contributed by atoms with E-state index in [1.54, 1.807) is 6.08 Å². The summed E-state index contributed by atoms with van der Waals surface area (Å²) >= 11 is 0. The zero-order chi connectivity index (χ0) is 12.8. The largest absolute Gasteiger partial charge is 0.399 e. The molecule has 0 aliphatic heterocycles. The van der Waals surface area contributed by atoms with Gasteiger partial charge in [-0.05, 0) is 23.3 Å². The summed E-state index contributed by atoms with van der Waals surface area (Å²) in [7, 11) is 0. The third-order valence-corrected chi connectivity index (χ3v) is 2.67. The quantitative estimate of drug-likeness (QED) is 0.635. The number of hydrogen-bond donors (Lipinski definition) is 1. The van der Waals surface area contributed by atoms with Crippen LogP contribution in [0.25, 0.3) is 6.08 Å². The fourth-order valence-corrected chi connectivity index (χ4v) is 1.71. The van der Waals surface area contributed by atoms with Gasteiger partial charge in [0, 0.05) is 18.3 Å². The molecule has 0 saturated heterocycles. The van der Waals surface area contributed by atoms with Crippen LogP contribution >= 0.6 is 0 Å². The van der Waals surface area contributed by atoms with Gasteiger partial charge in [-0.25, -0.2) is 0 Å². The lowest BCUT2D eigenvalue weighted by atomic mass is 10.1. The number of nitrogens with zero attached hydrogens (tertiary/aromatic N) is 1. The van der Waals surface area contributed by atoms with Gasteiger partial charge in [-0.2, -0.15) is 0 Å². The lowest BCUT2D eigenvalue weighted by Gasteiger charge is -2.02. The lowest BCUT2D eigenvalue weighted by molar-refractivity contribution is 1.34. The molecule has 18 heavy (non-hydrogen) atoms. The highest BCUT2D eigenvalue weighted by molar-refractivity contribution is 5.73. The predicted octanol–water partition coefficient (Wildman–Crippen LogP) is 3.86. The van der Waals surface area contributed by atoms with E-state index < -0.39 is 0 Å². The Kier molecular flexibility index (Phi) is 3.92. The standard InChI is InChI=1S/C16H16N2/c1-2-14-8-9-15(17)12-16(14)18-11-10-13-6-4-3-5-7-13/h2-9,11-12H,1,10,17H2. The van der Waals surface area contributed by atoms with E-state index in [-0.39, 0.29) is 0 Å². The van der Waals surface area contributed by atoms with Crippen LogP contribution in [0.4, 0.5) is 11.4 Å². The number of nitrogen functional groups attached to an aromatic ring is 1. The summed E-state index contributed by atoms with van der Waals surface area (Å²) in [4.78, 5) is 4.46. The maximum atomic E-state index is 5.76. The fraction of sp³-hybridized carbons (Fsp3) is 0.0625. The molecule has 0 spiro atoms. The minimum Gasteiger partial charge on any atom is -0.399 e. The topological polar surface area (TPSA) is 38.4 Å². The van der Waals surface area contributed by atoms with E-state index in [9.17, 15) is 0 Å². The number of nitrogens with two attached hydrogens (primary N) is 1. The van der Waals surface area contributed by atoms with Crippen LogP contribution in [0.1, 0.15) is 11.1 Å². The van der Waals surface area contributed by atoms with Crippen LogP contribution in [0, 0.1) is 0 Å². The van der Waals surface area contributed by atoms with Crippen molar-refractivity contribution in [2.45, 2.75) is 6.42 Å². The molecular weight excluding hydrogens is 220 g/mol. The van der Waals surface area contributed by atoms with Crippen molar-refractivity contribution in [3.63, 3.8) is 0 Å². The molecule has 0 radical (unpaired) electrons. The summed E-state index contributed by atoms with van der Waals surface area (Å²) in [6.07, 6.45) is 4.50. The van der Waals surface area contributed by atoms with Gasteiger partial charge in [0.2, 0.25) is 0 Å². The van der Waals surface area contributed by atoms with E-state index in [2.05, 4.69) is 23.7 Å². The minimum absolute atomic E-state index is 0.715. The molecule has 2 aromatic carbocycles. The Hall–Kier alpha value is -2.35. The molecule has 2 nitrogen and oxygen atoms in total. The van der Waals surface area contributed by atoms with Gasteiger partial charge in [-0.15, -0.1) is 0 Å². The van der Waals surface area contributed by atoms with E-state index >= 15 is 0 Å². The lowest BCUT2D eigenvalue weighted by Crippen LogP contribution is -1.87. The Morgan fingerprint density at radius 3 is 2.61 bits per heavy atom. The number of aliphatic imine (C=N–C) groups is 1. The molecule has 0 unspecified atom stereocenters. The van der Waals surface area contributed by atoms with Crippen LogP contribution in [0.5, 0.6) is 0 Å². The smallest absolute Gasteiger partial charge is 0.0718 e. The summed E-state index contributed by atoms with van der Waals surface area (Å²) in [5, 5.41) is 0. The van der Waals surface area contributed by atoms with Gasteiger partial charge in [0.25, 0.3) is 0 Å². The normalized spacial score (nSPS) is 10.7. The monoisotopic (exact) mass is 236 g/mol. The Morgan fingerprint density at radius 1 is 1.11 bits per heavy atom. The van der Waals surface area contributed by atoms with E-state index in [4.69, 9.17) is 5.73 Å². The maximum absolute atomic E-state index is 5.76. The van der Waals surface area contributed by atoms with E-state index in [0.29, 0.717) is 5.69 Å². The molecule has 0 bridgehead atoms. The van der Waals surface area contributed by atoms with Crippen molar-refractivity contribution >= 4 is 23.7 Å². The summed E-state index contributed by atoms with van der Waals surface area (Å²) in [6, 6.07) is 15.9. The van der Waals surface area contributed by atoms with Gasteiger partial charge in [0.15, 0.2) is 0 Å². The molecule has 0 aromatic heterocycles. The van der Waals surface area contributed by atoms with Crippen LogP contribution in [0.15, 0.2) is 60.1 Å². The van der Waals surface area contributed by atoms with Gasteiger partial charge in [-0.1, -0.05) is 49.1 Å². The van der Waals surface area contributed by atoms with Gasteiger partial charge in [-0.3, -0.25) is 4.99 Å². The van der Waals surface area contributed by atoms with E-state index in [0.717, 1.165) is 17.7 Å². The fourth-order valence-electron chi connectivity index (χ4n) is 1.71. The molecule has 0 heterocycles. The first kappa shape index (κ1) is 12.1. The van der Waals surface area contributed by atoms with Gasteiger partial charge >= 0.3 is 0 Å². The molecule has 0 atom stereocenters. The summed E-state index contributed by atoms with van der Waals surface area (Å²) in [6.45, 7) is 3.77. The van der Waals surface area contributed by atoms with Crippen LogP contribution in [-0.2, 0) is 6.42 Å². The maximum Gasteiger partial charge on any atom is 0.0718 e. The Balaban J connectivity index is 2.14. The number of rotatable bonds is 4. The van der Waals surface area contributed by atoms with Crippen molar-refractivity contribution in [3.05, 3.63) is 66.2 Å². The van der Waals surface area contributed by atoms with Crippen LogP contribution in [0.3, 0.4) is 0 Å². The SMILES string of the molecule is C=Cc1ccc(N)cc1N=CCc1ccccc1. The van der Waals surface area contributed by atoms with Gasteiger partial charge < -0.3 is 5.73 Å². The average Bonchev–Trinajstić information content (AvgIpc) is 2.40. The minimum atomic E-state index is 0.715. The van der Waals surface area contributed by atoms with Gasteiger partial charge in [0.05, 0.1) is 5.69 Å². The first-order chi connectivity index (χ1) is 8.79. The highest BCUT2D eigenvalue weighted by Gasteiger charge is 1.97. The Morgan fingerprint density at radius 2 is 1.89 bits per heavy atom. The molecule has 90 valence electrons. The third-order valence-electron chi connectivity index (χ3n) is 2.67. The molecule has 2 N–H and O–H groups in total. The van der Waals surface area contributed by atoms with Crippen molar-refractivity contribution in [1.82, 2.24) is 0 Å². The zero-order valence-corrected chi connectivity index (χ0v) is 10.2. The molecular formula is C16H16N2. The molecule has 2 heteroatoms. The van der Waals surface area contributed by atoms with Crippen molar-refractivity contribution < 1.29 is 0 Å². The highest BCUT2D eigenvalue weighted by Crippen LogP contribution is 2.22. The third kappa shape index (κ3) is 3.08.